The van der Waals surface area contributed by atoms with Crippen molar-refractivity contribution >= 4 is 0 Å². The molecule has 0 amide bonds. The Morgan fingerprint density at radius 1 is 1.42 bits per heavy atom. The van der Waals surface area contributed by atoms with Crippen LogP contribution in [0.1, 0.15) is 39.0 Å². The second-order valence-electron chi connectivity index (χ2n) is 4.05. The van der Waals surface area contributed by atoms with Crippen molar-refractivity contribution in [3.05, 3.63) is 0 Å². The van der Waals surface area contributed by atoms with Crippen LogP contribution < -0.4 is 5.73 Å². The van der Waals surface area contributed by atoms with Crippen LogP contribution in [0.2, 0.25) is 0 Å². The second kappa shape index (κ2) is 4.83. The lowest BCUT2D eigenvalue weighted by atomic mass is 10.1. The third-order valence-corrected chi connectivity index (χ3v) is 2.68. The van der Waals surface area contributed by atoms with Crippen molar-refractivity contribution in [1.82, 2.24) is 4.90 Å². The Hall–Kier alpha value is -0.0800. The minimum atomic E-state index is 0.427. The zero-order valence-electron chi connectivity index (χ0n) is 8.42. The topological polar surface area (TPSA) is 29.3 Å². The smallest absolute Gasteiger partial charge is 0.00933 e. The average Bonchev–Trinajstić information content (AvgIpc) is 2.83. The van der Waals surface area contributed by atoms with Gasteiger partial charge in [0.15, 0.2) is 0 Å². The minimum absolute atomic E-state index is 0.427. The molecule has 0 radical (unpaired) electrons. The average molecular weight is 170 g/mol. The first-order valence-corrected chi connectivity index (χ1v) is 5.20. The van der Waals surface area contributed by atoms with Gasteiger partial charge in [-0.2, -0.15) is 0 Å². The highest BCUT2D eigenvalue weighted by Gasteiger charge is 2.25. The van der Waals surface area contributed by atoms with E-state index in [1.165, 1.54) is 38.6 Å². The molecule has 1 atom stereocenters. The summed E-state index contributed by atoms with van der Waals surface area (Å²) in [6.07, 6.45) is 6.37. The Labute approximate surface area is 76.1 Å². The molecular weight excluding hydrogens is 148 g/mol. The summed E-state index contributed by atoms with van der Waals surface area (Å²) < 4.78 is 0. The molecule has 0 aromatic carbocycles. The van der Waals surface area contributed by atoms with Gasteiger partial charge in [-0.15, -0.1) is 0 Å². The fourth-order valence-corrected chi connectivity index (χ4v) is 1.58. The Morgan fingerprint density at radius 2 is 2.08 bits per heavy atom. The summed E-state index contributed by atoms with van der Waals surface area (Å²) in [6, 6.07) is 1.31. The molecule has 1 saturated carbocycles. The van der Waals surface area contributed by atoms with E-state index in [4.69, 9.17) is 5.73 Å². The molecule has 1 aliphatic carbocycles. The van der Waals surface area contributed by atoms with Crippen LogP contribution in [-0.2, 0) is 0 Å². The fraction of sp³-hybridized carbons (Fsp3) is 1.00. The molecule has 12 heavy (non-hydrogen) atoms. The van der Waals surface area contributed by atoms with E-state index in [2.05, 4.69) is 18.9 Å². The van der Waals surface area contributed by atoms with Gasteiger partial charge in [-0.3, -0.25) is 0 Å². The molecule has 0 saturated heterocycles. The summed E-state index contributed by atoms with van der Waals surface area (Å²) in [5, 5.41) is 0. The number of hydrogen-bond donors (Lipinski definition) is 1. The molecule has 0 aliphatic heterocycles. The van der Waals surface area contributed by atoms with Gasteiger partial charge >= 0.3 is 0 Å². The van der Waals surface area contributed by atoms with Gasteiger partial charge in [-0.25, -0.2) is 0 Å². The van der Waals surface area contributed by atoms with E-state index in [0.29, 0.717) is 6.04 Å². The molecular formula is C10H22N2. The maximum Gasteiger partial charge on any atom is 0.00933 e. The van der Waals surface area contributed by atoms with Crippen molar-refractivity contribution in [3.8, 4) is 0 Å². The highest BCUT2D eigenvalue weighted by atomic mass is 15.1. The molecule has 0 bridgehead atoms. The Kier molecular flexibility index (Phi) is 4.02. The third-order valence-electron chi connectivity index (χ3n) is 2.68. The quantitative estimate of drug-likeness (QED) is 0.656. The molecule has 1 rings (SSSR count). The lowest BCUT2D eigenvalue weighted by molar-refractivity contribution is 0.305. The van der Waals surface area contributed by atoms with Crippen LogP contribution >= 0.6 is 0 Å². The van der Waals surface area contributed by atoms with Gasteiger partial charge in [0.05, 0.1) is 0 Å². The molecule has 0 aromatic rings. The lowest BCUT2D eigenvalue weighted by Crippen LogP contribution is -2.29. The molecule has 2 N–H and O–H groups in total. The van der Waals surface area contributed by atoms with Gasteiger partial charge in [-0.05, 0) is 39.3 Å². The molecule has 0 spiro atoms. The Morgan fingerprint density at radius 3 is 2.58 bits per heavy atom. The predicted molar refractivity (Wildman–Crippen MR) is 53.2 cm³/mol. The van der Waals surface area contributed by atoms with Crippen molar-refractivity contribution in [2.45, 2.75) is 51.1 Å². The molecule has 72 valence electrons. The molecule has 1 aliphatic rings. The number of rotatable bonds is 6. The van der Waals surface area contributed by atoms with Crippen LogP contribution in [0.15, 0.2) is 0 Å². The Balaban J connectivity index is 1.99. The Bertz CT molecular complexity index is 121. The summed E-state index contributed by atoms with van der Waals surface area (Å²) in [5.74, 6) is 0. The van der Waals surface area contributed by atoms with Crippen molar-refractivity contribution < 1.29 is 0 Å². The fourth-order valence-electron chi connectivity index (χ4n) is 1.58. The molecule has 0 aromatic heterocycles. The van der Waals surface area contributed by atoms with Crippen LogP contribution in [0, 0.1) is 0 Å². The first-order valence-electron chi connectivity index (χ1n) is 5.20. The largest absolute Gasteiger partial charge is 0.328 e. The van der Waals surface area contributed by atoms with E-state index < -0.39 is 0 Å². The summed E-state index contributed by atoms with van der Waals surface area (Å²) >= 11 is 0. The summed E-state index contributed by atoms with van der Waals surface area (Å²) in [7, 11) is 2.22. The molecule has 1 unspecified atom stereocenters. The maximum atomic E-state index is 5.93. The van der Waals surface area contributed by atoms with E-state index in [1.54, 1.807) is 0 Å². The van der Waals surface area contributed by atoms with Gasteiger partial charge in [0.25, 0.3) is 0 Å². The van der Waals surface area contributed by atoms with E-state index in [0.717, 1.165) is 6.04 Å². The number of nitrogens with zero attached hydrogens (tertiary/aromatic N) is 1. The molecule has 2 heteroatoms. The van der Waals surface area contributed by atoms with E-state index in [9.17, 15) is 0 Å². The lowest BCUT2D eigenvalue weighted by Gasteiger charge is -2.18. The summed E-state index contributed by atoms with van der Waals surface area (Å²) in [6.45, 7) is 3.39. The van der Waals surface area contributed by atoms with Crippen LogP contribution in [-0.4, -0.2) is 30.6 Å². The second-order valence-corrected chi connectivity index (χ2v) is 4.05. The normalized spacial score (nSPS) is 20.0. The molecule has 1 fully saturated rings. The van der Waals surface area contributed by atoms with Crippen LogP contribution in [0.3, 0.4) is 0 Å². The van der Waals surface area contributed by atoms with Gasteiger partial charge < -0.3 is 10.6 Å². The zero-order chi connectivity index (χ0) is 8.97. The van der Waals surface area contributed by atoms with E-state index >= 15 is 0 Å². The van der Waals surface area contributed by atoms with Crippen LogP contribution in [0.5, 0.6) is 0 Å². The number of hydrogen-bond acceptors (Lipinski definition) is 2. The van der Waals surface area contributed by atoms with Crippen LogP contribution in [0.4, 0.5) is 0 Å². The standard InChI is InChI=1S/C10H22N2/c1-3-4-9(11)7-8-12(2)10-5-6-10/h9-10H,3-8,11H2,1-2H3. The van der Waals surface area contributed by atoms with Gasteiger partial charge in [0.2, 0.25) is 0 Å². The van der Waals surface area contributed by atoms with Gasteiger partial charge in [-0.1, -0.05) is 13.3 Å². The van der Waals surface area contributed by atoms with Crippen molar-refractivity contribution in [3.63, 3.8) is 0 Å². The highest BCUT2D eigenvalue weighted by molar-refractivity contribution is 4.82. The first-order chi connectivity index (χ1) is 5.74. The van der Waals surface area contributed by atoms with Crippen molar-refractivity contribution in [2.75, 3.05) is 13.6 Å². The predicted octanol–water partition coefficient (Wildman–Crippen LogP) is 1.60. The van der Waals surface area contributed by atoms with Gasteiger partial charge in [0.1, 0.15) is 0 Å². The van der Waals surface area contributed by atoms with Gasteiger partial charge in [0, 0.05) is 12.1 Å². The SMILES string of the molecule is CCCC(N)CCN(C)C1CC1. The first kappa shape index (κ1) is 10.0. The minimum Gasteiger partial charge on any atom is -0.328 e. The van der Waals surface area contributed by atoms with E-state index in [-0.39, 0.29) is 0 Å². The van der Waals surface area contributed by atoms with Crippen molar-refractivity contribution in [2.24, 2.45) is 5.73 Å². The molecule has 0 heterocycles. The third kappa shape index (κ3) is 3.55. The van der Waals surface area contributed by atoms with E-state index in [1.807, 2.05) is 0 Å². The van der Waals surface area contributed by atoms with Crippen LogP contribution in [0.25, 0.3) is 0 Å². The highest BCUT2D eigenvalue weighted by Crippen LogP contribution is 2.25. The molecule has 2 nitrogen and oxygen atoms in total. The monoisotopic (exact) mass is 170 g/mol. The number of nitrogens with two attached hydrogens (primary N) is 1. The maximum absolute atomic E-state index is 5.93. The summed E-state index contributed by atoms with van der Waals surface area (Å²) in [4.78, 5) is 2.45. The summed E-state index contributed by atoms with van der Waals surface area (Å²) in [5.41, 5.74) is 5.93. The van der Waals surface area contributed by atoms with Crippen molar-refractivity contribution in [1.29, 1.82) is 0 Å². The zero-order valence-corrected chi connectivity index (χ0v) is 8.42.